The maximum absolute atomic E-state index is 5.59. The van der Waals surface area contributed by atoms with Gasteiger partial charge in [0.1, 0.15) is 5.82 Å². The first kappa shape index (κ1) is 8.51. The van der Waals surface area contributed by atoms with Gasteiger partial charge in [-0.2, -0.15) is 0 Å². The number of nitrogen functional groups attached to an aromatic ring is 1. The number of hydrogen-bond acceptors (Lipinski definition) is 2. The monoisotopic (exact) mass is 236 g/mol. The number of pyridine rings is 1. The molecule has 2 nitrogen and oxygen atoms in total. The topological polar surface area (TPSA) is 38.9 Å². The maximum atomic E-state index is 5.59. The number of anilines is 1. The molecule has 2 N–H and O–H groups in total. The largest absolute Gasteiger partial charge is 0.384 e. The summed E-state index contributed by atoms with van der Waals surface area (Å²) in [6, 6.07) is 7.86. The van der Waals surface area contributed by atoms with Crippen LogP contribution in [0.15, 0.2) is 28.7 Å². The highest BCUT2D eigenvalue weighted by atomic mass is 79.9. The molecule has 0 saturated heterocycles. The molecule has 0 atom stereocenters. The summed E-state index contributed by atoms with van der Waals surface area (Å²) < 4.78 is 1.10. The van der Waals surface area contributed by atoms with Gasteiger partial charge in [-0.1, -0.05) is 15.9 Å². The highest BCUT2D eigenvalue weighted by molar-refractivity contribution is 9.10. The third-order valence-corrected chi connectivity index (χ3v) is 2.85. The number of fused-ring (bicyclic) bond motifs is 1. The minimum Gasteiger partial charge on any atom is -0.384 e. The van der Waals surface area contributed by atoms with Gasteiger partial charge in [-0.15, -0.1) is 0 Å². The minimum absolute atomic E-state index is 0.564. The molecule has 0 unspecified atom stereocenters. The second-order valence-electron chi connectivity index (χ2n) is 3.03. The van der Waals surface area contributed by atoms with Crippen molar-refractivity contribution in [2.24, 2.45) is 0 Å². The molecule has 0 radical (unpaired) electrons. The van der Waals surface area contributed by atoms with Crippen LogP contribution in [0, 0.1) is 6.92 Å². The molecule has 0 fully saturated rings. The van der Waals surface area contributed by atoms with Crippen molar-refractivity contribution >= 4 is 32.7 Å². The van der Waals surface area contributed by atoms with Crippen LogP contribution in [0.25, 0.3) is 10.9 Å². The summed E-state index contributed by atoms with van der Waals surface area (Å²) in [6.45, 7) is 2.04. The summed E-state index contributed by atoms with van der Waals surface area (Å²) in [5.74, 6) is 0.564. The molecule has 2 aromatic rings. The Morgan fingerprint density at radius 1 is 1.31 bits per heavy atom. The molecular weight excluding hydrogens is 228 g/mol. The van der Waals surface area contributed by atoms with Crippen LogP contribution in [0.2, 0.25) is 0 Å². The van der Waals surface area contributed by atoms with Crippen molar-refractivity contribution in [2.75, 3.05) is 5.73 Å². The molecule has 1 aromatic carbocycles. The highest BCUT2D eigenvalue weighted by Crippen LogP contribution is 2.23. The van der Waals surface area contributed by atoms with E-state index in [0.29, 0.717) is 5.82 Å². The Hall–Kier alpha value is -1.09. The van der Waals surface area contributed by atoms with Crippen LogP contribution in [0.5, 0.6) is 0 Å². The van der Waals surface area contributed by atoms with E-state index in [-0.39, 0.29) is 0 Å². The summed E-state index contributed by atoms with van der Waals surface area (Å²) >= 11 is 3.48. The van der Waals surface area contributed by atoms with Gasteiger partial charge < -0.3 is 5.73 Å². The van der Waals surface area contributed by atoms with E-state index in [1.165, 1.54) is 5.56 Å². The average Bonchev–Trinajstić information content (AvgIpc) is 2.08. The van der Waals surface area contributed by atoms with Crippen LogP contribution in [-0.4, -0.2) is 4.98 Å². The van der Waals surface area contributed by atoms with Crippen LogP contribution >= 0.6 is 15.9 Å². The number of nitrogens with zero attached hydrogens (tertiary/aromatic N) is 1. The fraction of sp³-hybridized carbons (Fsp3) is 0.100. The Morgan fingerprint density at radius 2 is 2.08 bits per heavy atom. The second-order valence-corrected chi connectivity index (χ2v) is 3.88. The zero-order valence-electron chi connectivity index (χ0n) is 7.21. The molecule has 0 bridgehead atoms. The Balaban J connectivity index is 2.81. The van der Waals surface area contributed by atoms with Crippen molar-refractivity contribution in [3.63, 3.8) is 0 Å². The van der Waals surface area contributed by atoms with Gasteiger partial charge >= 0.3 is 0 Å². The summed E-state index contributed by atoms with van der Waals surface area (Å²) in [6.07, 6.45) is 0. The number of aromatic nitrogens is 1. The van der Waals surface area contributed by atoms with E-state index in [4.69, 9.17) is 5.73 Å². The molecule has 2 rings (SSSR count). The number of nitrogens with two attached hydrogens (primary N) is 1. The molecule has 0 amide bonds. The Bertz CT molecular complexity index is 466. The lowest BCUT2D eigenvalue weighted by Crippen LogP contribution is -1.90. The van der Waals surface area contributed by atoms with Crippen LogP contribution in [0.4, 0.5) is 5.82 Å². The number of hydrogen-bond donors (Lipinski definition) is 1. The Labute approximate surface area is 84.9 Å². The second kappa shape index (κ2) is 3.00. The molecule has 3 heteroatoms. The summed E-state index contributed by atoms with van der Waals surface area (Å²) in [5, 5.41) is 1.10. The Kier molecular flexibility index (Phi) is 1.96. The number of rotatable bonds is 0. The highest BCUT2D eigenvalue weighted by Gasteiger charge is 1.99. The molecule has 0 aliphatic rings. The molecule has 13 heavy (non-hydrogen) atoms. The molecule has 0 spiro atoms. The van der Waals surface area contributed by atoms with E-state index in [1.807, 2.05) is 25.1 Å². The fourth-order valence-electron chi connectivity index (χ4n) is 1.26. The smallest absolute Gasteiger partial charge is 0.124 e. The van der Waals surface area contributed by atoms with Gasteiger partial charge in [0.05, 0.1) is 5.52 Å². The van der Waals surface area contributed by atoms with E-state index >= 15 is 0 Å². The van der Waals surface area contributed by atoms with Crippen LogP contribution in [0.1, 0.15) is 5.56 Å². The van der Waals surface area contributed by atoms with Crippen molar-refractivity contribution in [1.29, 1.82) is 0 Å². The predicted octanol–water partition coefficient (Wildman–Crippen LogP) is 2.89. The third-order valence-electron chi connectivity index (χ3n) is 1.99. The summed E-state index contributed by atoms with van der Waals surface area (Å²) in [4.78, 5) is 4.23. The van der Waals surface area contributed by atoms with Gasteiger partial charge in [-0.3, -0.25) is 0 Å². The van der Waals surface area contributed by atoms with Gasteiger partial charge in [0, 0.05) is 9.86 Å². The number of halogens is 1. The summed E-state index contributed by atoms with van der Waals surface area (Å²) in [7, 11) is 0. The lowest BCUT2D eigenvalue weighted by atomic mass is 10.1. The first-order valence-electron chi connectivity index (χ1n) is 3.99. The van der Waals surface area contributed by atoms with Crippen LogP contribution < -0.4 is 5.73 Å². The van der Waals surface area contributed by atoms with Gasteiger partial charge in [0.25, 0.3) is 0 Å². The molecule has 0 aliphatic carbocycles. The molecule has 0 saturated carbocycles. The van der Waals surface area contributed by atoms with Crippen molar-refractivity contribution in [3.8, 4) is 0 Å². The average molecular weight is 237 g/mol. The van der Waals surface area contributed by atoms with Crippen molar-refractivity contribution in [3.05, 3.63) is 34.3 Å². The van der Waals surface area contributed by atoms with E-state index in [0.717, 1.165) is 15.4 Å². The molecule has 1 aromatic heterocycles. The number of benzene rings is 1. The lowest BCUT2D eigenvalue weighted by molar-refractivity contribution is 1.38. The van der Waals surface area contributed by atoms with Crippen molar-refractivity contribution in [1.82, 2.24) is 4.98 Å². The number of aryl methyl sites for hydroxylation is 1. The first-order valence-corrected chi connectivity index (χ1v) is 4.78. The fourth-order valence-corrected chi connectivity index (χ4v) is 1.62. The SMILES string of the molecule is Cc1cc2nc(N)ccc2cc1Br. The first-order chi connectivity index (χ1) is 6.16. The van der Waals surface area contributed by atoms with Crippen molar-refractivity contribution in [2.45, 2.75) is 6.92 Å². The van der Waals surface area contributed by atoms with Crippen LogP contribution in [0.3, 0.4) is 0 Å². The lowest BCUT2D eigenvalue weighted by Gasteiger charge is -2.02. The molecular formula is C10H9BrN2. The molecule has 66 valence electrons. The maximum Gasteiger partial charge on any atom is 0.124 e. The molecule has 1 heterocycles. The summed E-state index contributed by atoms with van der Waals surface area (Å²) in [5.41, 5.74) is 7.71. The zero-order valence-corrected chi connectivity index (χ0v) is 8.80. The molecule has 0 aliphatic heterocycles. The standard InChI is InChI=1S/C10H9BrN2/c1-6-4-9-7(5-8(6)11)2-3-10(12)13-9/h2-5H,1H3,(H2,12,13). The van der Waals surface area contributed by atoms with Gasteiger partial charge in [0.2, 0.25) is 0 Å². The predicted molar refractivity (Wildman–Crippen MR) is 58.6 cm³/mol. The van der Waals surface area contributed by atoms with Crippen LogP contribution in [-0.2, 0) is 0 Å². The van der Waals surface area contributed by atoms with E-state index in [9.17, 15) is 0 Å². The zero-order chi connectivity index (χ0) is 9.42. The normalized spacial score (nSPS) is 10.6. The van der Waals surface area contributed by atoms with E-state index in [1.54, 1.807) is 0 Å². The van der Waals surface area contributed by atoms with E-state index < -0.39 is 0 Å². The third kappa shape index (κ3) is 1.52. The van der Waals surface area contributed by atoms with Gasteiger partial charge in [-0.05, 0) is 36.8 Å². The minimum atomic E-state index is 0.564. The van der Waals surface area contributed by atoms with Crippen molar-refractivity contribution < 1.29 is 0 Å². The van der Waals surface area contributed by atoms with E-state index in [2.05, 4.69) is 27.0 Å². The quantitative estimate of drug-likeness (QED) is 0.765. The van der Waals surface area contributed by atoms with Gasteiger partial charge in [0.15, 0.2) is 0 Å². The van der Waals surface area contributed by atoms with Gasteiger partial charge in [-0.25, -0.2) is 4.98 Å². The Morgan fingerprint density at radius 3 is 2.85 bits per heavy atom.